The van der Waals surface area contributed by atoms with Crippen molar-refractivity contribution >= 4 is 86.4 Å². The van der Waals surface area contributed by atoms with Crippen LogP contribution in [0, 0.1) is 0 Å². The van der Waals surface area contributed by atoms with E-state index in [1.54, 1.807) is 0 Å². The molecule has 4 heteroatoms. The first-order valence-electron chi connectivity index (χ1n) is 38.8. The number of aromatic nitrogens is 4. The topological polar surface area (TPSA) is 51.6 Å². The van der Waals surface area contributed by atoms with Gasteiger partial charge >= 0.3 is 0 Å². The standard InChI is InChI=1S/C108H62N4/c1-2-23-63(24-3-1)64-45-47-65(48-46-64)103-86-37-14-20-43-97(86)109-105(111-103)71-51-49-69-60-90-96(62-73(69)56-71)108(93-41-18-12-32-80(93)81-33-13-19-42-94(81)108)102-85-54-53-67(58-88(85)77-29-5-8-35-83(77)100(90)102)66-25-22-26-70(55-66)104-87-38-15-21-44-98(87)110-106(112-104)72-52-50-68-59-89-95(61-74(68)57-72)107(91-39-16-10-30-78(91)79-31-11-17-40-92(79)107)101-84-36-9-6-28-76(84)75-27-4-7-34-82(75)99(89)101/h1-62H. The van der Waals surface area contributed by atoms with E-state index in [2.05, 4.69) is 376 Å². The molecule has 2 aromatic heterocycles. The van der Waals surface area contributed by atoms with Gasteiger partial charge < -0.3 is 0 Å². The van der Waals surface area contributed by atoms with Gasteiger partial charge in [-0.15, -0.1) is 0 Å². The molecule has 25 rings (SSSR count). The number of para-hydroxylation sites is 2. The SMILES string of the molecule is c1ccc(-c2ccc(-c3nc(-c4ccc5cc6c(cc5c4)C4(c5ccccc5-c5ccccc54)c4c-6c5ccccc5c5cc(-c6cccc(-c7nc(-c8ccc9cc%10c(cc9c8)C8(c9ccccc9-c9ccccc98)c8c-%10c9ccccc9c9ccccc89)nc8ccccc78)c6)ccc45)nc4ccccc34)cc2)cc1. The summed E-state index contributed by atoms with van der Waals surface area (Å²) < 4.78 is 0. The second kappa shape index (κ2) is 23.0. The molecular weight excluding hydrogens is 1350 g/mol. The Balaban J connectivity index is 0.632. The monoisotopic (exact) mass is 1410 g/mol. The van der Waals surface area contributed by atoms with Crippen LogP contribution in [0.15, 0.2) is 376 Å². The van der Waals surface area contributed by atoms with E-state index in [0.717, 1.165) is 82.7 Å². The number of hydrogen-bond donors (Lipinski definition) is 0. The van der Waals surface area contributed by atoms with Crippen LogP contribution in [-0.2, 0) is 10.8 Å². The largest absolute Gasteiger partial charge is 0.228 e. The molecule has 0 aliphatic heterocycles. The van der Waals surface area contributed by atoms with Crippen molar-refractivity contribution in [1.82, 2.24) is 19.9 Å². The highest BCUT2D eigenvalue weighted by Crippen LogP contribution is 2.68. The molecule has 0 fully saturated rings. The number of nitrogens with zero attached hydrogens (tertiary/aromatic N) is 4. The van der Waals surface area contributed by atoms with E-state index in [4.69, 9.17) is 19.9 Å². The van der Waals surface area contributed by atoms with E-state index in [9.17, 15) is 0 Å². The van der Waals surface area contributed by atoms with Crippen molar-refractivity contribution in [1.29, 1.82) is 0 Å². The average Bonchev–Trinajstić information content (AvgIpc) is 1.50. The van der Waals surface area contributed by atoms with E-state index in [1.807, 2.05) is 0 Å². The van der Waals surface area contributed by atoms with Gasteiger partial charge in [-0.2, -0.15) is 0 Å². The smallest absolute Gasteiger partial charge is 0.160 e. The van der Waals surface area contributed by atoms with Crippen LogP contribution in [0.2, 0.25) is 0 Å². The molecule has 112 heavy (non-hydrogen) atoms. The molecular formula is C108H62N4. The molecule has 4 aliphatic carbocycles. The normalized spacial score (nSPS) is 13.5. The summed E-state index contributed by atoms with van der Waals surface area (Å²) >= 11 is 0. The molecule has 21 aromatic rings. The molecule has 2 spiro atoms. The first-order chi connectivity index (χ1) is 55.5. The lowest BCUT2D eigenvalue weighted by Crippen LogP contribution is -2.26. The van der Waals surface area contributed by atoms with Crippen LogP contribution in [0.3, 0.4) is 0 Å². The van der Waals surface area contributed by atoms with Gasteiger partial charge in [-0.25, -0.2) is 19.9 Å². The van der Waals surface area contributed by atoms with Crippen LogP contribution in [0.25, 0.3) is 198 Å². The maximum atomic E-state index is 5.67. The summed E-state index contributed by atoms with van der Waals surface area (Å²) in [5.74, 6) is 1.38. The lowest BCUT2D eigenvalue weighted by Gasteiger charge is -2.32. The van der Waals surface area contributed by atoms with Gasteiger partial charge in [0.1, 0.15) is 0 Å². The minimum Gasteiger partial charge on any atom is -0.228 e. The van der Waals surface area contributed by atoms with Crippen molar-refractivity contribution in [3.05, 3.63) is 421 Å². The fourth-order valence-electron chi connectivity index (χ4n) is 20.8. The van der Waals surface area contributed by atoms with Crippen molar-refractivity contribution in [3.63, 3.8) is 0 Å². The van der Waals surface area contributed by atoms with Crippen LogP contribution < -0.4 is 0 Å². The number of benzene rings is 19. The predicted octanol–water partition coefficient (Wildman–Crippen LogP) is 27.2. The molecule has 0 atom stereocenters. The van der Waals surface area contributed by atoms with Crippen molar-refractivity contribution in [2.24, 2.45) is 0 Å². The van der Waals surface area contributed by atoms with Gasteiger partial charge in [0.25, 0.3) is 0 Å². The van der Waals surface area contributed by atoms with Gasteiger partial charge in [0.05, 0.1) is 33.3 Å². The molecule has 2 heterocycles. The quantitative estimate of drug-likeness (QED) is 0.156. The summed E-state index contributed by atoms with van der Waals surface area (Å²) in [7, 11) is 0. The molecule has 19 aromatic carbocycles. The van der Waals surface area contributed by atoms with Gasteiger partial charge in [0, 0.05) is 33.0 Å². The molecule has 4 aliphatic rings. The molecule has 0 saturated heterocycles. The van der Waals surface area contributed by atoms with Crippen molar-refractivity contribution in [2.75, 3.05) is 0 Å². The van der Waals surface area contributed by atoms with Crippen LogP contribution >= 0.6 is 0 Å². The average molecular weight is 1420 g/mol. The summed E-state index contributed by atoms with van der Waals surface area (Å²) in [5, 5.41) is 16.7. The zero-order valence-corrected chi connectivity index (χ0v) is 60.6. The predicted molar refractivity (Wildman–Crippen MR) is 463 cm³/mol. The maximum absolute atomic E-state index is 5.67. The van der Waals surface area contributed by atoms with Gasteiger partial charge in [-0.1, -0.05) is 315 Å². The summed E-state index contributed by atoms with van der Waals surface area (Å²) in [5.41, 5.74) is 31.8. The molecule has 0 saturated carbocycles. The molecule has 514 valence electrons. The Kier molecular flexibility index (Phi) is 12.6. The Labute approximate surface area is 645 Å². The molecule has 0 bridgehead atoms. The lowest BCUT2D eigenvalue weighted by molar-refractivity contribution is 0.803. The minimum atomic E-state index is -0.658. The van der Waals surface area contributed by atoms with Crippen LogP contribution in [-0.4, -0.2) is 19.9 Å². The molecule has 0 N–H and O–H groups in total. The third-order valence-electron chi connectivity index (χ3n) is 25.4. The van der Waals surface area contributed by atoms with Crippen LogP contribution in [0.4, 0.5) is 0 Å². The van der Waals surface area contributed by atoms with Crippen LogP contribution in [0.5, 0.6) is 0 Å². The fourth-order valence-corrected chi connectivity index (χ4v) is 20.8. The van der Waals surface area contributed by atoms with Gasteiger partial charge in [0.15, 0.2) is 11.6 Å². The Morgan fingerprint density at radius 1 is 0.170 bits per heavy atom. The summed E-state index contributed by atoms with van der Waals surface area (Å²) in [4.78, 5) is 21.9. The summed E-state index contributed by atoms with van der Waals surface area (Å²) in [6.07, 6.45) is 0. The van der Waals surface area contributed by atoms with Crippen molar-refractivity contribution in [2.45, 2.75) is 10.8 Å². The van der Waals surface area contributed by atoms with Crippen molar-refractivity contribution in [3.8, 4) is 112 Å². The minimum absolute atomic E-state index is 0.562. The highest BCUT2D eigenvalue weighted by Gasteiger charge is 2.55. The van der Waals surface area contributed by atoms with E-state index in [0.29, 0.717) is 11.6 Å². The van der Waals surface area contributed by atoms with Gasteiger partial charge in [0.2, 0.25) is 0 Å². The Hall–Kier alpha value is -14.6. The maximum Gasteiger partial charge on any atom is 0.160 e. The van der Waals surface area contributed by atoms with Gasteiger partial charge in [-0.05, 0) is 237 Å². The fraction of sp³-hybridized carbons (Fsp3) is 0.0185. The zero-order valence-electron chi connectivity index (χ0n) is 60.6. The second-order valence-corrected chi connectivity index (χ2v) is 30.8. The van der Waals surface area contributed by atoms with E-state index >= 15 is 0 Å². The lowest BCUT2D eigenvalue weighted by atomic mass is 9.69. The first kappa shape index (κ1) is 61.4. The van der Waals surface area contributed by atoms with E-state index in [1.165, 1.54) is 149 Å². The number of fused-ring (bicyclic) bond motifs is 34. The first-order valence-corrected chi connectivity index (χ1v) is 38.8. The van der Waals surface area contributed by atoms with E-state index in [-0.39, 0.29) is 0 Å². The zero-order chi connectivity index (χ0) is 73.1. The molecule has 0 radical (unpaired) electrons. The Bertz CT molecular complexity index is 7670. The number of rotatable bonds is 6. The van der Waals surface area contributed by atoms with E-state index < -0.39 is 10.8 Å². The highest BCUT2D eigenvalue weighted by atomic mass is 14.9. The number of hydrogen-bond acceptors (Lipinski definition) is 4. The second-order valence-electron chi connectivity index (χ2n) is 30.8. The van der Waals surface area contributed by atoms with Crippen LogP contribution in [0.1, 0.15) is 44.5 Å². The Morgan fingerprint density at radius 2 is 0.527 bits per heavy atom. The third-order valence-corrected chi connectivity index (χ3v) is 25.4. The van der Waals surface area contributed by atoms with Gasteiger partial charge in [-0.3, -0.25) is 0 Å². The molecule has 0 amide bonds. The highest BCUT2D eigenvalue weighted by molar-refractivity contribution is 6.23. The molecule has 4 nitrogen and oxygen atoms in total. The summed E-state index contributed by atoms with van der Waals surface area (Å²) in [6.45, 7) is 0. The third kappa shape index (κ3) is 8.34. The van der Waals surface area contributed by atoms with Crippen molar-refractivity contribution < 1.29 is 0 Å². The Morgan fingerprint density at radius 3 is 1.04 bits per heavy atom. The molecule has 0 unspecified atom stereocenters. The summed E-state index contributed by atoms with van der Waals surface area (Å²) in [6, 6.07) is 140.